The summed E-state index contributed by atoms with van der Waals surface area (Å²) in [7, 11) is 1.57. The number of hydrogen-bond donors (Lipinski definition) is 1. The third kappa shape index (κ3) is 6.84. The van der Waals surface area contributed by atoms with Gasteiger partial charge >= 0.3 is 0 Å². The number of ether oxygens (including phenoxy) is 2. The third-order valence-electron chi connectivity index (χ3n) is 4.20. The Labute approximate surface area is 236 Å². The van der Waals surface area contributed by atoms with Crippen LogP contribution < -0.4 is 14.9 Å². The van der Waals surface area contributed by atoms with Crippen molar-refractivity contribution in [3.8, 4) is 11.5 Å². The predicted octanol–water partition coefficient (Wildman–Crippen LogP) is 7.16. The number of hydrazone groups is 1. The molecule has 10 heteroatoms. The zero-order chi connectivity index (χ0) is 23.3. The Morgan fingerprint density at radius 1 is 1.03 bits per heavy atom. The van der Waals surface area contributed by atoms with E-state index in [9.17, 15) is 4.79 Å². The molecular formula is C22H15Cl2I3N2O3. The van der Waals surface area contributed by atoms with Gasteiger partial charge in [0.05, 0.1) is 24.0 Å². The van der Waals surface area contributed by atoms with Crippen molar-refractivity contribution in [3.63, 3.8) is 0 Å². The van der Waals surface area contributed by atoms with Crippen LogP contribution in [0.25, 0.3) is 0 Å². The summed E-state index contributed by atoms with van der Waals surface area (Å²) in [6.45, 7) is 0.324. The van der Waals surface area contributed by atoms with Crippen molar-refractivity contribution < 1.29 is 14.3 Å². The molecule has 0 aromatic heterocycles. The van der Waals surface area contributed by atoms with Crippen LogP contribution in [-0.2, 0) is 6.61 Å². The first-order valence-corrected chi connectivity index (χ1v) is 13.0. The number of carbonyl (C=O) groups is 1. The lowest BCUT2D eigenvalue weighted by molar-refractivity contribution is 0.0954. The average Bonchev–Trinajstić information content (AvgIpc) is 2.74. The molecule has 3 aromatic rings. The first kappa shape index (κ1) is 25.8. The molecule has 0 fully saturated rings. The maximum absolute atomic E-state index is 12.3. The zero-order valence-electron chi connectivity index (χ0n) is 16.5. The maximum atomic E-state index is 12.3. The van der Waals surface area contributed by atoms with Gasteiger partial charge in [0.15, 0.2) is 0 Å². The summed E-state index contributed by atoms with van der Waals surface area (Å²) in [5.41, 5.74) is 4.69. The summed E-state index contributed by atoms with van der Waals surface area (Å²) in [6, 6.07) is 14.4. The van der Waals surface area contributed by atoms with Crippen molar-refractivity contribution in [1.82, 2.24) is 5.43 Å². The molecule has 3 rings (SSSR count). The number of nitrogens with zero attached hydrogens (tertiary/aromatic N) is 1. The molecule has 0 saturated heterocycles. The van der Waals surface area contributed by atoms with Gasteiger partial charge in [-0.1, -0.05) is 29.3 Å². The fourth-order valence-corrected chi connectivity index (χ4v) is 5.76. The number of rotatable bonds is 7. The number of amides is 1. The third-order valence-corrected chi connectivity index (χ3v) is 7.28. The maximum Gasteiger partial charge on any atom is 0.271 e. The molecule has 0 aliphatic rings. The van der Waals surface area contributed by atoms with Crippen LogP contribution in [0.4, 0.5) is 0 Å². The van der Waals surface area contributed by atoms with Gasteiger partial charge in [-0.3, -0.25) is 4.79 Å². The number of hydrogen-bond acceptors (Lipinski definition) is 4. The van der Waals surface area contributed by atoms with Gasteiger partial charge < -0.3 is 9.47 Å². The summed E-state index contributed by atoms with van der Waals surface area (Å²) < 4.78 is 14.0. The van der Waals surface area contributed by atoms with Gasteiger partial charge in [-0.2, -0.15) is 5.10 Å². The Bertz CT molecular complexity index is 1170. The van der Waals surface area contributed by atoms with Crippen LogP contribution in [0.1, 0.15) is 21.5 Å². The van der Waals surface area contributed by atoms with Gasteiger partial charge in [0.2, 0.25) is 0 Å². The predicted molar refractivity (Wildman–Crippen MR) is 153 cm³/mol. The molecule has 0 radical (unpaired) electrons. The Hall–Kier alpha value is -0.830. The summed E-state index contributed by atoms with van der Waals surface area (Å²) in [5.74, 6) is 1.08. The van der Waals surface area contributed by atoms with Gasteiger partial charge in [0, 0.05) is 21.2 Å². The number of nitrogens with one attached hydrogen (secondary N) is 1. The quantitative estimate of drug-likeness (QED) is 0.157. The minimum absolute atomic E-state index is 0.319. The highest BCUT2D eigenvalue weighted by Crippen LogP contribution is 2.30. The highest BCUT2D eigenvalue weighted by atomic mass is 127. The van der Waals surface area contributed by atoms with Crippen molar-refractivity contribution in [2.24, 2.45) is 5.10 Å². The van der Waals surface area contributed by atoms with Gasteiger partial charge in [0.25, 0.3) is 5.91 Å². The first-order valence-electron chi connectivity index (χ1n) is 9.01. The highest BCUT2D eigenvalue weighted by Gasteiger charge is 2.11. The van der Waals surface area contributed by atoms with Crippen molar-refractivity contribution in [2.75, 3.05) is 7.11 Å². The van der Waals surface area contributed by atoms with Gasteiger partial charge in [-0.25, -0.2) is 5.43 Å². The lowest BCUT2D eigenvalue weighted by atomic mass is 10.2. The van der Waals surface area contributed by atoms with E-state index in [0.29, 0.717) is 28.0 Å². The smallest absolute Gasteiger partial charge is 0.271 e. The van der Waals surface area contributed by atoms with E-state index >= 15 is 0 Å². The number of halogens is 5. The van der Waals surface area contributed by atoms with Gasteiger partial charge in [0.1, 0.15) is 18.1 Å². The van der Waals surface area contributed by atoms with Crippen molar-refractivity contribution in [1.29, 1.82) is 0 Å². The Morgan fingerprint density at radius 2 is 1.75 bits per heavy atom. The second-order valence-electron chi connectivity index (χ2n) is 6.39. The van der Waals surface area contributed by atoms with Crippen LogP contribution in [0, 0.1) is 10.7 Å². The molecule has 0 bridgehead atoms. The SMILES string of the molecule is COc1cc(C(=O)N/N=C\c2cc(I)c(OCc3ccc(Cl)cc3Cl)c(I)c2)ccc1I. The van der Waals surface area contributed by atoms with Crippen LogP contribution in [0.3, 0.4) is 0 Å². The van der Waals surface area contributed by atoms with Crippen LogP contribution in [0.2, 0.25) is 10.0 Å². The lowest BCUT2D eigenvalue weighted by Gasteiger charge is -2.12. The van der Waals surface area contributed by atoms with Gasteiger partial charge in [-0.05, 0) is 116 Å². The Kier molecular flexibility index (Phi) is 9.70. The Morgan fingerprint density at radius 3 is 2.41 bits per heavy atom. The van der Waals surface area contributed by atoms with Crippen molar-refractivity contribution >= 4 is 103 Å². The molecule has 166 valence electrons. The number of methoxy groups -OCH3 is 1. The molecule has 0 aliphatic carbocycles. The molecule has 0 spiro atoms. The number of benzene rings is 3. The second-order valence-corrected chi connectivity index (χ2v) is 10.7. The molecule has 5 nitrogen and oxygen atoms in total. The minimum Gasteiger partial charge on any atom is -0.496 e. The molecule has 3 aromatic carbocycles. The van der Waals surface area contributed by atoms with E-state index in [1.54, 1.807) is 37.6 Å². The van der Waals surface area contributed by atoms with Crippen LogP contribution in [-0.4, -0.2) is 19.2 Å². The van der Waals surface area contributed by atoms with E-state index in [1.165, 1.54) is 0 Å². The average molecular weight is 807 g/mol. The van der Waals surface area contributed by atoms with Crippen molar-refractivity contribution in [3.05, 3.63) is 86.0 Å². The standard InChI is InChI=1S/C22H15Cl2I3N2O3/c1-31-20-8-13(3-5-17(20)25)22(30)29-28-10-12-6-18(26)21(19(27)7-12)32-11-14-2-4-15(23)9-16(14)24/h2-10H,11H2,1H3,(H,29,30)/b28-10-. The molecule has 1 N–H and O–H groups in total. The van der Waals surface area contributed by atoms with E-state index in [-0.39, 0.29) is 5.91 Å². The van der Waals surface area contributed by atoms with Crippen molar-refractivity contribution in [2.45, 2.75) is 6.61 Å². The fraction of sp³-hybridized carbons (Fsp3) is 0.0909. The molecule has 1 amide bonds. The van der Waals surface area contributed by atoms with E-state index < -0.39 is 0 Å². The molecule has 0 unspecified atom stereocenters. The van der Waals surface area contributed by atoms with E-state index in [1.807, 2.05) is 24.3 Å². The summed E-state index contributed by atoms with van der Waals surface area (Å²) in [6.07, 6.45) is 1.59. The molecule has 0 heterocycles. The van der Waals surface area contributed by atoms with Crippen LogP contribution in [0.5, 0.6) is 11.5 Å². The molecular weight excluding hydrogens is 792 g/mol. The Balaban J connectivity index is 1.66. The minimum atomic E-state index is -0.319. The molecule has 0 saturated carbocycles. The van der Waals surface area contributed by atoms with E-state index in [2.05, 4.69) is 78.3 Å². The zero-order valence-corrected chi connectivity index (χ0v) is 24.4. The van der Waals surface area contributed by atoms with E-state index in [4.69, 9.17) is 32.7 Å². The van der Waals surface area contributed by atoms with Crippen LogP contribution in [0.15, 0.2) is 53.6 Å². The fourth-order valence-electron chi connectivity index (χ4n) is 2.61. The monoisotopic (exact) mass is 806 g/mol. The molecule has 0 atom stereocenters. The van der Waals surface area contributed by atoms with Crippen LogP contribution >= 0.6 is 91.0 Å². The highest BCUT2D eigenvalue weighted by molar-refractivity contribution is 14.1. The molecule has 32 heavy (non-hydrogen) atoms. The first-order chi connectivity index (χ1) is 15.3. The lowest BCUT2D eigenvalue weighted by Crippen LogP contribution is -2.17. The normalized spacial score (nSPS) is 10.9. The largest absolute Gasteiger partial charge is 0.496 e. The van der Waals surface area contributed by atoms with Gasteiger partial charge in [-0.15, -0.1) is 0 Å². The topological polar surface area (TPSA) is 59.9 Å². The van der Waals surface area contributed by atoms with E-state index in [0.717, 1.165) is 27.6 Å². The second kappa shape index (κ2) is 12.0. The molecule has 0 aliphatic heterocycles. The number of carbonyl (C=O) groups excluding carboxylic acids is 1. The summed E-state index contributed by atoms with van der Waals surface area (Å²) >= 11 is 18.7. The summed E-state index contributed by atoms with van der Waals surface area (Å²) in [5, 5.41) is 5.22. The summed E-state index contributed by atoms with van der Waals surface area (Å²) in [4.78, 5) is 12.3.